The minimum Gasteiger partial charge on any atom is -0.366 e. The van der Waals surface area contributed by atoms with E-state index in [1.165, 1.54) is 12.1 Å². The second kappa shape index (κ2) is 6.57. The maximum absolute atomic E-state index is 12.7. The molecule has 1 N–H and O–H groups in total. The van der Waals surface area contributed by atoms with E-state index in [-0.39, 0.29) is 0 Å². The molecule has 1 atom stereocenters. The molecule has 0 aliphatic heterocycles. The van der Waals surface area contributed by atoms with Crippen LogP contribution in [0, 0.1) is 4.78 Å². The summed E-state index contributed by atoms with van der Waals surface area (Å²) in [6.45, 7) is 3.05. The largest absolute Gasteiger partial charge is 0.483 e. The molecule has 0 radical (unpaired) electrons. The number of rotatable bonds is 5. The average Bonchev–Trinajstić information content (AvgIpc) is 2.52. The highest BCUT2D eigenvalue weighted by Gasteiger charge is 2.43. The predicted molar refractivity (Wildman–Crippen MR) is 82.6 cm³/mol. The van der Waals surface area contributed by atoms with Crippen LogP contribution in [0.1, 0.15) is 12.6 Å². The van der Waals surface area contributed by atoms with Crippen LogP contribution in [-0.4, -0.2) is 21.2 Å². The Hall–Kier alpha value is -2.09. The summed E-state index contributed by atoms with van der Waals surface area (Å²) in [6, 6.07) is 10.6. The third kappa shape index (κ3) is 3.82. The van der Waals surface area contributed by atoms with Crippen LogP contribution in [0.3, 0.4) is 0 Å². The monoisotopic (exact) mass is 343 g/mol. The summed E-state index contributed by atoms with van der Waals surface area (Å²) in [6.07, 6.45) is 1.67. The van der Waals surface area contributed by atoms with E-state index in [0.29, 0.717) is 18.8 Å². The summed E-state index contributed by atoms with van der Waals surface area (Å²) < 4.78 is 56.6. The number of anilines is 1. The minimum absolute atomic E-state index is 0.506. The first-order valence-corrected chi connectivity index (χ1v) is 8.41. The van der Waals surface area contributed by atoms with Crippen molar-refractivity contribution in [1.82, 2.24) is 4.98 Å². The molecule has 0 amide bonds. The molecule has 1 aromatic heterocycles. The van der Waals surface area contributed by atoms with Gasteiger partial charge < -0.3 is 4.90 Å². The van der Waals surface area contributed by atoms with Gasteiger partial charge in [0.05, 0.1) is 17.1 Å². The van der Waals surface area contributed by atoms with Crippen molar-refractivity contribution < 1.29 is 17.4 Å². The fourth-order valence-corrected chi connectivity index (χ4v) is 2.84. The molecule has 8 heteroatoms. The first-order valence-electron chi connectivity index (χ1n) is 6.85. The number of halogens is 3. The van der Waals surface area contributed by atoms with E-state index in [0.717, 1.165) is 17.8 Å². The quantitative estimate of drug-likeness (QED) is 0.891. The van der Waals surface area contributed by atoms with E-state index in [9.17, 15) is 17.4 Å². The van der Waals surface area contributed by atoms with E-state index in [1.54, 1.807) is 12.3 Å². The predicted octanol–water partition coefficient (Wildman–Crippen LogP) is 4.03. The van der Waals surface area contributed by atoms with Crippen LogP contribution in [0.15, 0.2) is 53.6 Å². The standard InChI is InChI=1S/C15H16F3N3OS/c1-2-21(11-12-5-3-4-10-20-12)13-6-8-14(9-7-13)23(19,22)15(16,17)18/h3-10,19H,2,11H2,1H3. The second-order valence-electron chi connectivity index (χ2n) is 4.83. The van der Waals surface area contributed by atoms with Gasteiger partial charge in [0.15, 0.2) is 9.73 Å². The van der Waals surface area contributed by atoms with Crippen molar-refractivity contribution in [3.63, 3.8) is 0 Å². The molecule has 0 spiro atoms. The van der Waals surface area contributed by atoms with Gasteiger partial charge in [-0.15, -0.1) is 0 Å². The van der Waals surface area contributed by atoms with E-state index in [2.05, 4.69) is 4.98 Å². The van der Waals surface area contributed by atoms with Gasteiger partial charge in [-0.25, -0.2) is 8.99 Å². The highest BCUT2D eigenvalue weighted by Crippen LogP contribution is 2.32. The summed E-state index contributed by atoms with van der Waals surface area (Å²) in [5.41, 5.74) is -3.57. The number of aromatic nitrogens is 1. The van der Waals surface area contributed by atoms with Gasteiger partial charge in [0.1, 0.15) is 0 Å². The van der Waals surface area contributed by atoms with Crippen molar-refractivity contribution in [3.05, 3.63) is 54.4 Å². The summed E-state index contributed by atoms with van der Waals surface area (Å²) in [5.74, 6) is 0. The summed E-state index contributed by atoms with van der Waals surface area (Å²) in [5, 5.41) is 0. The first-order chi connectivity index (χ1) is 10.8. The Morgan fingerprint density at radius 2 is 1.83 bits per heavy atom. The number of hydrogen-bond acceptors (Lipinski definition) is 4. The highest BCUT2D eigenvalue weighted by atomic mass is 32.2. The highest BCUT2D eigenvalue weighted by molar-refractivity contribution is 7.93. The normalized spacial score (nSPS) is 14.3. The van der Waals surface area contributed by atoms with Gasteiger partial charge in [-0.3, -0.25) is 4.98 Å². The van der Waals surface area contributed by atoms with Gasteiger partial charge in [0, 0.05) is 18.4 Å². The van der Waals surface area contributed by atoms with Gasteiger partial charge in [-0.2, -0.15) is 13.2 Å². The Morgan fingerprint density at radius 3 is 2.30 bits per heavy atom. The second-order valence-corrected chi connectivity index (χ2v) is 6.88. The Morgan fingerprint density at radius 1 is 1.17 bits per heavy atom. The van der Waals surface area contributed by atoms with E-state index < -0.39 is 20.1 Å². The lowest BCUT2D eigenvalue weighted by atomic mass is 10.2. The van der Waals surface area contributed by atoms with Crippen LogP contribution >= 0.6 is 0 Å². The molecule has 0 aliphatic rings. The van der Waals surface area contributed by atoms with E-state index in [1.807, 2.05) is 24.0 Å². The zero-order chi connectivity index (χ0) is 17.1. The van der Waals surface area contributed by atoms with Crippen LogP contribution in [-0.2, 0) is 16.3 Å². The number of benzene rings is 1. The molecule has 4 nitrogen and oxygen atoms in total. The van der Waals surface area contributed by atoms with Crippen molar-refractivity contribution >= 4 is 15.4 Å². The molecular formula is C15H16F3N3OS. The smallest absolute Gasteiger partial charge is 0.366 e. The third-order valence-electron chi connectivity index (χ3n) is 3.32. The molecule has 1 unspecified atom stereocenters. The Labute approximate surface area is 132 Å². The minimum atomic E-state index is -5.08. The summed E-state index contributed by atoms with van der Waals surface area (Å²) in [7, 11) is -4.82. The van der Waals surface area contributed by atoms with E-state index >= 15 is 0 Å². The Kier molecular flexibility index (Phi) is 4.93. The van der Waals surface area contributed by atoms with Crippen LogP contribution in [0.25, 0.3) is 0 Å². The topological polar surface area (TPSA) is 57.1 Å². The van der Waals surface area contributed by atoms with Crippen LogP contribution < -0.4 is 4.90 Å². The van der Waals surface area contributed by atoms with Crippen molar-refractivity contribution in [2.75, 3.05) is 11.4 Å². The zero-order valence-electron chi connectivity index (χ0n) is 12.4. The van der Waals surface area contributed by atoms with Gasteiger partial charge in [-0.05, 0) is 43.3 Å². The van der Waals surface area contributed by atoms with Crippen LogP contribution in [0.4, 0.5) is 18.9 Å². The molecule has 1 aromatic carbocycles. The number of pyridine rings is 1. The lowest BCUT2D eigenvalue weighted by Gasteiger charge is -2.23. The molecule has 0 saturated heterocycles. The number of nitrogens with zero attached hydrogens (tertiary/aromatic N) is 2. The van der Waals surface area contributed by atoms with Crippen molar-refractivity contribution in [1.29, 1.82) is 4.78 Å². The Balaban J connectivity index is 2.24. The summed E-state index contributed by atoms with van der Waals surface area (Å²) >= 11 is 0. The van der Waals surface area contributed by atoms with Crippen LogP contribution in [0.5, 0.6) is 0 Å². The lowest BCUT2D eigenvalue weighted by molar-refractivity contribution is -0.0406. The molecule has 2 aromatic rings. The average molecular weight is 343 g/mol. The summed E-state index contributed by atoms with van der Waals surface area (Å²) in [4.78, 5) is 5.60. The fourth-order valence-electron chi connectivity index (χ4n) is 2.06. The fraction of sp³-hybridized carbons (Fsp3) is 0.267. The lowest BCUT2D eigenvalue weighted by Crippen LogP contribution is -2.23. The third-order valence-corrected chi connectivity index (χ3v) is 4.91. The van der Waals surface area contributed by atoms with Crippen molar-refractivity contribution in [3.8, 4) is 0 Å². The molecule has 124 valence electrons. The molecule has 23 heavy (non-hydrogen) atoms. The number of nitrogens with one attached hydrogen (secondary N) is 1. The van der Waals surface area contributed by atoms with Crippen molar-refractivity contribution in [2.24, 2.45) is 0 Å². The van der Waals surface area contributed by atoms with Crippen molar-refractivity contribution in [2.45, 2.75) is 23.9 Å². The molecule has 0 fully saturated rings. The molecule has 0 saturated carbocycles. The van der Waals surface area contributed by atoms with Gasteiger partial charge >= 0.3 is 5.51 Å². The molecule has 0 aliphatic carbocycles. The zero-order valence-corrected chi connectivity index (χ0v) is 13.2. The van der Waals surface area contributed by atoms with Gasteiger partial charge in [-0.1, -0.05) is 6.07 Å². The molecule has 1 heterocycles. The molecule has 2 rings (SSSR count). The maximum atomic E-state index is 12.7. The number of hydrogen-bond donors (Lipinski definition) is 1. The Bertz CT molecular complexity index is 744. The maximum Gasteiger partial charge on any atom is 0.483 e. The van der Waals surface area contributed by atoms with E-state index in [4.69, 9.17) is 4.78 Å². The first kappa shape index (κ1) is 17.3. The molecule has 0 bridgehead atoms. The van der Waals surface area contributed by atoms with Crippen LogP contribution in [0.2, 0.25) is 0 Å². The van der Waals surface area contributed by atoms with Gasteiger partial charge in [0.25, 0.3) is 0 Å². The molecular weight excluding hydrogens is 327 g/mol. The van der Waals surface area contributed by atoms with Gasteiger partial charge in [0.2, 0.25) is 0 Å². The number of alkyl halides is 3. The SMILES string of the molecule is CCN(Cc1ccccn1)c1ccc(S(=N)(=O)C(F)(F)F)cc1.